The average molecular weight is 256 g/mol. The molecule has 0 aromatic rings. The van der Waals surface area contributed by atoms with Crippen molar-refractivity contribution in [3.05, 3.63) is 0 Å². The number of rotatable bonds is 5. The summed E-state index contributed by atoms with van der Waals surface area (Å²) in [6.45, 7) is 7.69. The van der Waals surface area contributed by atoms with Crippen LogP contribution in [0.3, 0.4) is 0 Å². The number of likely N-dealkylation sites (tertiary alicyclic amines) is 1. The molecule has 2 atom stereocenters. The molecule has 0 radical (unpaired) electrons. The van der Waals surface area contributed by atoms with E-state index in [1.807, 2.05) is 6.92 Å². The number of amides is 2. The molecule has 18 heavy (non-hydrogen) atoms. The number of carboxylic acid groups (broad SMARTS) is 1. The number of carboxylic acids is 1. The molecule has 5 heteroatoms. The molecule has 1 aliphatic heterocycles. The molecule has 0 saturated carbocycles. The number of hydrogen-bond acceptors (Lipinski definition) is 2. The van der Waals surface area contributed by atoms with E-state index >= 15 is 0 Å². The van der Waals surface area contributed by atoms with Gasteiger partial charge in [-0.1, -0.05) is 27.2 Å². The van der Waals surface area contributed by atoms with E-state index in [-0.39, 0.29) is 6.03 Å². The van der Waals surface area contributed by atoms with Crippen LogP contribution in [0.4, 0.5) is 4.79 Å². The SMILES string of the molecule is CCC[C@@H](NC(=O)N1CCC(C(C)C)C1)C(=O)O. The third kappa shape index (κ3) is 3.89. The fourth-order valence-corrected chi connectivity index (χ4v) is 2.30. The molecule has 1 aliphatic rings. The highest BCUT2D eigenvalue weighted by Gasteiger charge is 2.30. The normalized spacial score (nSPS) is 21.1. The molecule has 0 bridgehead atoms. The first kappa shape index (κ1) is 14.8. The van der Waals surface area contributed by atoms with Gasteiger partial charge in [0, 0.05) is 13.1 Å². The van der Waals surface area contributed by atoms with Crippen molar-refractivity contribution in [1.29, 1.82) is 0 Å². The van der Waals surface area contributed by atoms with E-state index in [9.17, 15) is 9.59 Å². The van der Waals surface area contributed by atoms with E-state index in [2.05, 4.69) is 19.2 Å². The van der Waals surface area contributed by atoms with Crippen molar-refractivity contribution in [2.45, 2.75) is 46.1 Å². The highest BCUT2D eigenvalue weighted by molar-refractivity contribution is 5.82. The van der Waals surface area contributed by atoms with Gasteiger partial charge < -0.3 is 15.3 Å². The molecule has 1 saturated heterocycles. The molecule has 1 fully saturated rings. The van der Waals surface area contributed by atoms with E-state index in [4.69, 9.17) is 5.11 Å². The monoisotopic (exact) mass is 256 g/mol. The maximum Gasteiger partial charge on any atom is 0.326 e. The summed E-state index contributed by atoms with van der Waals surface area (Å²) in [7, 11) is 0. The maximum absolute atomic E-state index is 12.0. The van der Waals surface area contributed by atoms with Crippen LogP contribution in [-0.2, 0) is 4.79 Å². The number of aliphatic carboxylic acids is 1. The van der Waals surface area contributed by atoms with Crippen LogP contribution in [-0.4, -0.2) is 41.1 Å². The molecule has 1 rings (SSSR count). The fraction of sp³-hybridized carbons (Fsp3) is 0.846. The zero-order valence-corrected chi connectivity index (χ0v) is 11.5. The van der Waals surface area contributed by atoms with Crippen LogP contribution >= 0.6 is 0 Å². The first-order valence-corrected chi connectivity index (χ1v) is 6.74. The Labute approximate surface area is 109 Å². The summed E-state index contributed by atoms with van der Waals surface area (Å²) in [5.41, 5.74) is 0. The van der Waals surface area contributed by atoms with Gasteiger partial charge in [0.2, 0.25) is 0 Å². The van der Waals surface area contributed by atoms with Crippen LogP contribution in [0.5, 0.6) is 0 Å². The molecular formula is C13H24N2O3. The van der Waals surface area contributed by atoms with E-state index in [0.717, 1.165) is 25.9 Å². The van der Waals surface area contributed by atoms with Crippen molar-refractivity contribution >= 4 is 12.0 Å². The Kier molecular flexibility index (Phi) is 5.44. The largest absolute Gasteiger partial charge is 0.480 e. The van der Waals surface area contributed by atoms with E-state index < -0.39 is 12.0 Å². The molecule has 0 aliphatic carbocycles. The van der Waals surface area contributed by atoms with Gasteiger partial charge in [-0.15, -0.1) is 0 Å². The highest BCUT2D eigenvalue weighted by Crippen LogP contribution is 2.23. The number of carbonyl (C=O) groups excluding carboxylic acids is 1. The van der Waals surface area contributed by atoms with Crippen LogP contribution < -0.4 is 5.32 Å². The minimum absolute atomic E-state index is 0.237. The molecule has 0 aromatic carbocycles. The first-order valence-electron chi connectivity index (χ1n) is 6.74. The molecular weight excluding hydrogens is 232 g/mol. The smallest absolute Gasteiger partial charge is 0.326 e. The summed E-state index contributed by atoms with van der Waals surface area (Å²) >= 11 is 0. The summed E-state index contributed by atoms with van der Waals surface area (Å²) in [5.74, 6) is 0.142. The van der Waals surface area contributed by atoms with Gasteiger partial charge in [-0.25, -0.2) is 9.59 Å². The number of nitrogens with zero attached hydrogens (tertiary/aromatic N) is 1. The second kappa shape index (κ2) is 6.61. The minimum atomic E-state index is -0.954. The van der Waals surface area contributed by atoms with E-state index in [0.29, 0.717) is 18.3 Å². The lowest BCUT2D eigenvalue weighted by Gasteiger charge is -2.21. The maximum atomic E-state index is 12.0. The Morgan fingerprint density at radius 3 is 2.56 bits per heavy atom. The number of carbonyl (C=O) groups is 2. The van der Waals surface area contributed by atoms with Crippen LogP contribution in [0, 0.1) is 11.8 Å². The topological polar surface area (TPSA) is 69.6 Å². The second-order valence-electron chi connectivity index (χ2n) is 5.37. The van der Waals surface area contributed by atoms with Gasteiger partial charge in [0.25, 0.3) is 0 Å². The van der Waals surface area contributed by atoms with Crippen molar-refractivity contribution in [3.8, 4) is 0 Å². The second-order valence-corrected chi connectivity index (χ2v) is 5.37. The molecule has 0 spiro atoms. The lowest BCUT2D eigenvalue weighted by Crippen LogP contribution is -2.47. The van der Waals surface area contributed by atoms with Crippen LogP contribution in [0.25, 0.3) is 0 Å². The van der Waals surface area contributed by atoms with Crippen molar-refractivity contribution in [3.63, 3.8) is 0 Å². The number of hydrogen-bond donors (Lipinski definition) is 2. The zero-order valence-electron chi connectivity index (χ0n) is 11.5. The first-order chi connectivity index (χ1) is 8.45. The zero-order chi connectivity index (χ0) is 13.7. The standard InChI is InChI=1S/C13H24N2O3/c1-4-5-11(12(16)17)14-13(18)15-7-6-10(8-15)9(2)3/h9-11H,4-8H2,1-3H3,(H,14,18)(H,16,17)/t10?,11-/m1/s1. The van der Waals surface area contributed by atoms with Crippen molar-refractivity contribution < 1.29 is 14.7 Å². The summed E-state index contributed by atoms with van der Waals surface area (Å²) in [6.07, 6.45) is 2.23. The lowest BCUT2D eigenvalue weighted by molar-refractivity contribution is -0.139. The predicted octanol–water partition coefficient (Wildman–Crippen LogP) is 1.93. The summed E-state index contributed by atoms with van der Waals surface area (Å²) in [4.78, 5) is 24.7. The summed E-state index contributed by atoms with van der Waals surface area (Å²) < 4.78 is 0. The highest BCUT2D eigenvalue weighted by atomic mass is 16.4. The van der Waals surface area contributed by atoms with Gasteiger partial charge in [0.1, 0.15) is 6.04 Å². The quantitative estimate of drug-likeness (QED) is 0.789. The van der Waals surface area contributed by atoms with Crippen LogP contribution in [0.2, 0.25) is 0 Å². The Balaban J connectivity index is 2.48. The van der Waals surface area contributed by atoms with E-state index in [1.165, 1.54) is 0 Å². The predicted molar refractivity (Wildman–Crippen MR) is 69.4 cm³/mol. The third-order valence-electron chi connectivity index (χ3n) is 3.63. The van der Waals surface area contributed by atoms with Gasteiger partial charge in [-0.05, 0) is 24.7 Å². The van der Waals surface area contributed by atoms with E-state index in [1.54, 1.807) is 4.90 Å². The Bertz CT molecular complexity index is 305. The minimum Gasteiger partial charge on any atom is -0.480 e. The van der Waals surface area contributed by atoms with Crippen molar-refractivity contribution in [2.75, 3.05) is 13.1 Å². The van der Waals surface area contributed by atoms with Crippen molar-refractivity contribution in [1.82, 2.24) is 10.2 Å². The molecule has 2 amide bonds. The molecule has 104 valence electrons. The van der Waals surface area contributed by atoms with Crippen LogP contribution in [0.15, 0.2) is 0 Å². The van der Waals surface area contributed by atoms with Gasteiger partial charge in [0.15, 0.2) is 0 Å². The molecule has 2 N–H and O–H groups in total. The number of urea groups is 1. The molecule has 0 aromatic heterocycles. The van der Waals surface area contributed by atoms with Gasteiger partial charge in [0.05, 0.1) is 0 Å². The van der Waals surface area contributed by atoms with Crippen molar-refractivity contribution in [2.24, 2.45) is 11.8 Å². The van der Waals surface area contributed by atoms with Crippen LogP contribution in [0.1, 0.15) is 40.0 Å². The van der Waals surface area contributed by atoms with Gasteiger partial charge in [-0.2, -0.15) is 0 Å². The molecule has 1 unspecified atom stereocenters. The molecule has 5 nitrogen and oxygen atoms in total. The van der Waals surface area contributed by atoms with Gasteiger partial charge in [-0.3, -0.25) is 0 Å². The lowest BCUT2D eigenvalue weighted by atomic mass is 9.95. The Hall–Kier alpha value is -1.26. The summed E-state index contributed by atoms with van der Waals surface area (Å²) in [5, 5.41) is 11.6. The summed E-state index contributed by atoms with van der Waals surface area (Å²) in [6, 6.07) is -1.00. The Morgan fingerprint density at radius 1 is 1.44 bits per heavy atom. The third-order valence-corrected chi connectivity index (χ3v) is 3.63. The Morgan fingerprint density at radius 2 is 2.11 bits per heavy atom. The average Bonchev–Trinajstić information content (AvgIpc) is 2.77. The number of nitrogens with one attached hydrogen (secondary N) is 1. The van der Waals surface area contributed by atoms with Gasteiger partial charge >= 0.3 is 12.0 Å². The fourth-order valence-electron chi connectivity index (χ4n) is 2.30. The molecule has 1 heterocycles.